The molecule has 0 aliphatic carbocycles. The average molecular weight is 362 g/mol. The molecule has 0 radical (unpaired) electrons. The van der Waals surface area contributed by atoms with Crippen molar-refractivity contribution in [3.63, 3.8) is 0 Å². The number of hydrogen-bond acceptors (Lipinski definition) is 4. The number of hydrogen-bond donors (Lipinski definition) is 0. The summed E-state index contributed by atoms with van der Waals surface area (Å²) in [4.78, 5) is 29.3. The van der Waals surface area contributed by atoms with E-state index >= 15 is 0 Å². The van der Waals surface area contributed by atoms with Crippen LogP contribution in [0.3, 0.4) is 0 Å². The van der Waals surface area contributed by atoms with Crippen LogP contribution in [-0.4, -0.2) is 67.2 Å². The lowest BCUT2D eigenvalue weighted by Crippen LogP contribution is -2.57. The Kier molecular flexibility index (Phi) is 7.60. The molecule has 1 aromatic rings. The first-order valence-corrected chi connectivity index (χ1v) is 9.26. The van der Waals surface area contributed by atoms with E-state index in [9.17, 15) is 9.59 Å². The van der Waals surface area contributed by atoms with Crippen molar-refractivity contribution in [1.29, 1.82) is 0 Å². The standard InChI is InChI=1S/C20H30N2O4/c1-5-11-21(12-13-25-4)20(24)19-18(16-9-7-6-8-10-16)22(15(2)3)17(23)14-26-19/h6-10,15,18-19H,5,11-14H2,1-4H3. The molecule has 0 spiro atoms. The minimum absolute atomic E-state index is 0.0227. The number of benzene rings is 1. The SMILES string of the molecule is CCCN(CCOC)C(=O)C1OCC(=O)N(C(C)C)C1c1ccccc1. The highest BCUT2D eigenvalue weighted by atomic mass is 16.5. The number of nitrogens with zero attached hydrogens (tertiary/aromatic N) is 2. The van der Waals surface area contributed by atoms with Crippen LogP contribution in [0.4, 0.5) is 0 Å². The van der Waals surface area contributed by atoms with Crippen molar-refractivity contribution < 1.29 is 19.1 Å². The molecule has 1 aliphatic heterocycles. The highest BCUT2D eigenvalue weighted by Crippen LogP contribution is 2.33. The van der Waals surface area contributed by atoms with E-state index in [1.807, 2.05) is 51.1 Å². The Labute approximate surface area is 156 Å². The highest BCUT2D eigenvalue weighted by molar-refractivity contribution is 5.86. The van der Waals surface area contributed by atoms with Gasteiger partial charge in [0, 0.05) is 26.2 Å². The lowest BCUT2D eigenvalue weighted by atomic mass is 9.95. The van der Waals surface area contributed by atoms with Gasteiger partial charge in [-0.15, -0.1) is 0 Å². The second kappa shape index (κ2) is 9.69. The van der Waals surface area contributed by atoms with E-state index < -0.39 is 12.1 Å². The van der Waals surface area contributed by atoms with Crippen molar-refractivity contribution in [3.05, 3.63) is 35.9 Å². The van der Waals surface area contributed by atoms with Crippen LogP contribution >= 0.6 is 0 Å². The van der Waals surface area contributed by atoms with E-state index in [2.05, 4.69) is 0 Å². The normalized spacial score (nSPS) is 20.5. The summed E-state index contributed by atoms with van der Waals surface area (Å²) in [6.07, 6.45) is 0.145. The smallest absolute Gasteiger partial charge is 0.254 e. The molecule has 1 aromatic carbocycles. The average Bonchev–Trinajstić information content (AvgIpc) is 2.64. The summed E-state index contributed by atoms with van der Waals surface area (Å²) >= 11 is 0. The van der Waals surface area contributed by atoms with Gasteiger partial charge in [-0.2, -0.15) is 0 Å². The van der Waals surface area contributed by atoms with Crippen molar-refractivity contribution in [1.82, 2.24) is 9.80 Å². The first kappa shape index (κ1) is 20.4. The van der Waals surface area contributed by atoms with Crippen LogP contribution in [0, 0.1) is 0 Å². The van der Waals surface area contributed by atoms with Gasteiger partial charge in [0.15, 0.2) is 6.10 Å². The lowest BCUT2D eigenvalue weighted by molar-refractivity contribution is -0.172. The molecule has 0 N–H and O–H groups in total. The number of carbonyl (C=O) groups is 2. The molecule has 0 aromatic heterocycles. The van der Waals surface area contributed by atoms with E-state index in [0.717, 1.165) is 12.0 Å². The van der Waals surface area contributed by atoms with Crippen molar-refractivity contribution in [3.8, 4) is 0 Å². The van der Waals surface area contributed by atoms with Crippen LogP contribution in [0.2, 0.25) is 0 Å². The summed E-state index contributed by atoms with van der Waals surface area (Å²) in [6.45, 7) is 7.53. The maximum Gasteiger partial charge on any atom is 0.254 e. The van der Waals surface area contributed by atoms with Crippen LogP contribution in [0.15, 0.2) is 30.3 Å². The van der Waals surface area contributed by atoms with Gasteiger partial charge in [-0.25, -0.2) is 0 Å². The van der Waals surface area contributed by atoms with Gasteiger partial charge in [0.05, 0.1) is 12.6 Å². The molecular formula is C20H30N2O4. The molecule has 6 heteroatoms. The fourth-order valence-corrected chi connectivity index (χ4v) is 3.41. The van der Waals surface area contributed by atoms with Gasteiger partial charge in [-0.05, 0) is 25.8 Å². The molecule has 1 saturated heterocycles. The molecular weight excluding hydrogens is 332 g/mol. The molecule has 2 rings (SSSR count). The van der Waals surface area contributed by atoms with Crippen LogP contribution in [0.25, 0.3) is 0 Å². The van der Waals surface area contributed by atoms with E-state index in [4.69, 9.17) is 9.47 Å². The Morgan fingerprint density at radius 1 is 1.31 bits per heavy atom. The third kappa shape index (κ3) is 4.62. The lowest BCUT2D eigenvalue weighted by Gasteiger charge is -2.44. The minimum Gasteiger partial charge on any atom is -0.383 e. The van der Waals surface area contributed by atoms with Gasteiger partial charge in [0.25, 0.3) is 5.91 Å². The Balaban J connectivity index is 2.36. The summed E-state index contributed by atoms with van der Waals surface area (Å²) in [7, 11) is 1.62. The largest absolute Gasteiger partial charge is 0.383 e. The number of ether oxygens (including phenoxy) is 2. The topological polar surface area (TPSA) is 59.1 Å². The zero-order valence-electron chi connectivity index (χ0n) is 16.2. The van der Waals surface area contributed by atoms with Crippen molar-refractivity contribution in [2.45, 2.75) is 45.4 Å². The third-order valence-electron chi connectivity index (χ3n) is 4.57. The summed E-state index contributed by atoms with van der Waals surface area (Å²) in [5, 5.41) is 0. The maximum absolute atomic E-state index is 13.3. The molecule has 0 saturated carbocycles. The van der Waals surface area contributed by atoms with Gasteiger partial charge in [0.2, 0.25) is 5.91 Å². The molecule has 2 amide bonds. The molecule has 2 unspecified atom stereocenters. The summed E-state index contributed by atoms with van der Waals surface area (Å²) < 4.78 is 10.9. The molecule has 1 aliphatic rings. The number of rotatable bonds is 8. The zero-order valence-corrected chi connectivity index (χ0v) is 16.2. The number of methoxy groups -OCH3 is 1. The summed E-state index contributed by atoms with van der Waals surface area (Å²) in [6, 6.07) is 9.21. The van der Waals surface area contributed by atoms with E-state index in [-0.39, 0.29) is 24.5 Å². The molecule has 6 nitrogen and oxygen atoms in total. The highest BCUT2D eigenvalue weighted by Gasteiger charge is 2.44. The number of morpholine rings is 1. The van der Waals surface area contributed by atoms with Crippen LogP contribution in [-0.2, 0) is 19.1 Å². The molecule has 144 valence electrons. The first-order valence-electron chi connectivity index (χ1n) is 9.26. The van der Waals surface area contributed by atoms with Crippen LogP contribution in [0.1, 0.15) is 38.8 Å². The zero-order chi connectivity index (χ0) is 19.1. The summed E-state index contributed by atoms with van der Waals surface area (Å²) in [5.41, 5.74) is 0.913. The fraction of sp³-hybridized carbons (Fsp3) is 0.600. The predicted molar refractivity (Wildman–Crippen MR) is 99.7 cm³/mol. The Morgan fingerprint density at radius 2 is 2.00 bits per heavy atom. The van der Waals surface area contributed by atoms with Crippen LogP contribution < -0.4 is 0 Å². The van der Waals surface area contributed by atoms with E-state index in [1.165, 1.54) is 0 Å². The predicted octanol–water partition coefficient (Wildman–Crippen LogP) is 2.25. The minimum atomic E-state index is -0.707. The molecule has 2 atom stereocenters. The summed E-state index contributed by atoms with van der Waals surface area (Å²) in [5.74, 6) is -0.173. The van der Waals surface area contributed by atoms with Gasteiger partial charge >= 0.3 is 0 Å². The van der Waals surface area contributed by atoms with Gasteiger partial charge < -0.3 is 19.3 Å². The van der Waals surface area contributed by atoms with E-state index in [0.29, 0.717) is 19.7 Å². The maximum atomic E-state index is 13.3. The Hall–Kier alpha value is -1.92. The van der Waals surface area contributed by atoms with Gasteiger partial charge in [-0.1, -0.05) is 37.3 Å². The quantitative estimate of drug-likeness (QED) is 0.712. The van der Waals surface area contributed by atoms with Crippen molar-refractivity contribution in [2.75, 3.05) is 33.4 Å². The van der Waals surface area contributed by atoms with Gasteiger partial charge in [0.1, 0.15) is 6.61 Å². The molecule has 1 fully saturated rings. The monoisotopic (exact) mass is 362 g/mol. The second-order valence-electron chi connectivity index (χ2n) is 6.80. The van der Waals surface area contributed by atoms with Gasteiger partial charge in [-0.3, -0.25) is 9.59 Å². The van der Waals surface area contributed by atoms with Crippen LogP contribution in [0.5, 0.6) is 0 Å². The Morgan fingerprint density at radius 3 is 2.58 bits per heavy atom. The number of amides is 2. The molecule has 1 heterocycles. The van der Waals surface area contributed by atoms with Crippen molar-refractivity contribution in [2.24, 2.45) is 0 Å². The molecule has 0 bridgehead atoms. The molecule has 26 heavy (non-hydrogen) atoms. The Bertz CT molecular complexity index is 591. The first-order chi connectivity index (χ1) is 12.5. The number of carbonyl (C=O) groups excluding carboxylic acids is 2. The second-order valence-corrected chi connectivity index (χ2v) is 6.80. The third-order valence-corrected chi connectivity index (χ3v) is 4.57. The van der Waals surface area contributed by atoms with Crippen molar-refractivity contribution >= 4 is 11.8 Å². The fourth-order valence-electron chi connectivity index (χ4n) is 3.41. The van der Waals surface area contributed by atoms with E-state index in [1.54, 1.807) is 16.9 Å².